The van der Waals surface area contributed by atoms with E-state index in [4.69, 9.17) is 34.7 Å². The number of ether oxygens (including phenoxy) is 4. The van der Waals surface area contributed by atoms with Crippen molar-refractivity contribution in [1.29, 1.82) is 0 Å². The first-order valence-electron chi connectivity index (χ1n) is 18.8. The van der Waals surface area contributed by atoms with Crippen LogP contribution < -0.4 is 15.2 Å². The minimum absolute atomic E-state index is 0.0359. The van der Waals surface area contributed by atoms with Gasteiger partial charge in [0.25, 0.3) is 0 Å². The van der Waals surface area contributed by atoms with Crippen LogP contribution in [-0.2, 0) is 19.1 Å². The van der Waals surface area contributed by atoms with Crippen LogP contribution in [0.5, 0.6) is 11.5 Å². The molecule has 0 bridgehead atoms. The van der Waals surface area contributed by atoms with E-state index in [0.717, 1.165) is 26.2 Å². The summed E-state index contributed by atoms with van der Waals surface area (Å²) in [5, 5.41) is 0. The molecule has 0 aliphatic carbocycles. The standard InChI is InChI=1S/C29H28N2O4S.C16H20N2O4S/c1-29(2,3)35-26(33)16-15-22(32)25-17-21-24(36-25)18-23(34-4)28(30-21)31-27(19-11-7-5-8-12-19)20-13-9-6-10-14-20;1-16(2,3)22-14(20)6-5-10(19)13-7-9-12(23-13)8-11(21-4)15(17)18-9/h5-14,17-18H,15-16H2,1-4H3;7-8H,5-6H2,1-4H3,(H2,17,18). The van der Waals surface area contributed by atoms with Crippen molar-refractivity contribution in [2.24, 2.45) is 4.99 Å². The van der Waals surface area contributed by atoms with Gasteiger partial charge in [-0.2, -0.15) is 0 Å². The Morgan fingerprint density at radius 1 is 0.610 bits per heavy atom. The molecule has 0 unspecified atom stereocenters. The number of benzene rings is 2. The molecule has 14 heteroatoms. The van der Waals surface area contributed by atoms with Gasteiger partial charge in [0, 0.05) is 36.1 Å². The first-order chi connectivity index (χ1) is 27.9. The maximum absolute atomic E-state index is 12.8. The number of anilines is 1. The topological polar surface area (TPSA) is 169 Å². The van der Waals surface area contributed by atoms with Gasteiger partial charge in [-0.15, -0.1) is 22.7 Å². The Kier molecular flexibility index (Phi) is 14.3. The Bertz CT molecular complexity index is 2440. The van der Waals surface area contributed by atoms with Crippen molar-refractivity contribution >= 4 is 84.0 Å². The number of nitrogens with zero attached hydrogens (tertiary/aromatic N) is 3. The van der Waals surface area contributed by atoms with Crippen LogP contribution in [0.3, 0.4) is 0 Å². The molecular formula is C45H48N4O8S2. The van der Waals surface area contributed by atoms with Crippen molar-refractivity contribution in [3.8, 4) is 11.5 Å². The van der Waals surface area contributed by atoms with Gasteiger partial charge in [-0.05, 0) is 53.7 Å². The lowest BCUT2D eigenvalue weighted by atomic mass is 10.0. The third kappa shape index (κ3) is 12.5. The second kappa shape index (κ2) is 19.2. The second-order valence-electron chi connectivity index (χ2n) is 15.3. The van der Waals surface area contributed by atoms with Gasteiger partial charge in [-0.3, -0.25) is 19.2 Å². The third-order valence-electron chi connectivity index (χ3n) is 8.20. The van der Waals surface area contributed by atoms with E-state index in [9.17, 15) is 19.2 Å². The number of carbonyl (C=O) groups excluding carboxylic acids is 4. The van der Waals surface area contributed by atoms with Crippen LogP contribution in [-0.4, -0.2) is 64.6 Å². The zero-order chi connectivity index (χ0) is 42.9. The summed E-state index contributed by atoms with van der Waals surface area (Å²) in [6, 6.07) is 26.9. The molecule has 6 rings (SSSR count). The predicted molar refractivity (Wildman–Crippen MR) is 234 cm³/mol. The van der Waals surface area contributed by atoms with E-state index in [1.165, 1.54) is 29.8 Å². The number of aliphatic imine (C=N–C) groups is 1. The number of nitrogen functional groups attached to an aromatic ring is 1. The number of nitrogens with two attached hydrogens (primary N) is 1. The number of pyridine rings is 2. The molecule has 0 radical (unpaired) electrons. The Balaban J connectivity index is 0.000000248. The van der Waals surface area contributed by atoms with Gasteiger partial charge in [-0.25, -0.2) is 15.0 Å². The van der Waals surface area contributed by atoms with Crippen molar-refractivity contribution in [3.63, 3.8) is 0 Å². The number of rotatable bonds is 13. The van der Waals surface area contributed by atoms with Crippen LogP contribution in [0, 0.1) is 0 Å². The monoisotopic (exact) mass is 836 g/mol. The Morgan fingerprint density at radius 2 is 1.03 bits per heavy atom. The van der Waals surface area contributed by atoms with Gasteiger partial charge in [0.1, 0.15) is 11.2 Å². The van der Waals surface area contributed by atoms with Crippen molar-refractivity contribution in [2.75, 3.05) is 20.0 Å². The number of thiophene rings is 2. The molecule has 0 atom stereocenters. The lowest BCUT2D eigenvalue weighted by molar-refractivity contribution is -0.155. The van der Waals surface area contributed by atoms with Crippen LogP contribution in [0.15, 0.2) is 89.9 Å². The number of carbonyl (C=O) groups is 4. The zero-order valence-corrected chi connectivity index (χ0v) is 36.0. The Hall–Kier alpha value is -5.99. The molecule has 0 spiro atoms. The number of Topliss-reactive ketones (excluding diaryl/α,β-unsaturated/α-hetero) is 2. The minimum Gasteiger partial charge on any atom is -0.493 e. The predicted octanol–water partition coefficient (Wildman–Crippen LogP) is 9.97. The highest BCUT2D eigenvalue weighted by Crippen LogP contribution is 2.36. The average Bonchev–Trinajstić information content (AvgIpc) is 3.80. The van der Waals surface area contributed by atoms with Crippen LogP contribution in [0.25, 0.3) is 20.4 Å². The highest BCUT2D eigenvalue weighted by atomic mass is 32.1. The van der Waals surface area contributed by atoms with Crippen molar-refractivity contribution < 1.29 is 38.1 Å². The van der Waals surface area contributed by atoms with Gasteiger partial charge in [-0.1, -0.05) is 60.7 Å². The number of esters is 2. The number of ketones is 2. The molecule has 59 heavy (non-hydrogen) atoms. The van der Waals surface area contributed by atoms with E-state index in [2.05, 4.69) is 4.98 Å². The summed E-state index contributed by atoms with van der Waals surface area (Å²) < 4.78 is 22.9. The van der Waals surface area contributed by atoms with Crippen molar-refractivity contribution in [3.05, 3.63) is 106 Å². The van der Waals surface area contributed by atoms with Crippen LogP contribution in [0.2, 0.25) is 0 Å². The molecule has 0 aliphatic rings. The smallest absolute Gasteiger partial charge is 0.306 e. The lowest BCUT2D eigenvalue weighted by Crippen LogP contribution is -2.24. The molecule has 308 valence electrons. The van der Waals surface area contributed by atoms with Crippen LogP contribution in [0.4, 0.5) is 11.6 Å². The lowest BCUT2D eigenvalue weighted by Gasteiger charge is -2.19. The summed E-state index contributed by atoms with van der Waals surface area (Å²) in [5.74, 6) is 0.703. The van der Waals surface area contributed by atoms with E-state index >= 15 is 0 Å². The molecule has 4 heterocycles. The fourth-order valence-corrected chi connectivity index (χ4v) is 7.63. The summed E-state index contributed by atoms with van der Waals surface area (Å²) in [5.41, 5.74) is 8.62. The average molecular weight is 837 g/mol. The maximum atomic E-state index is 12.8. The number of aromatic nitrogens is 2. The third-order valence-corrected chi connectivity index (χ3v) is 10.4. The molecule has 0 fully saturated rings. The highest BCUT2D eigenvalue weighted by Gasteiger charge is 2.21. The zero-order valence-electron chi connectivity index (χ0n) is 34.4. The fraction of sp³-hybridized carbons (Fsp3) is 0.311. The van der Waals surface area contributed by atoms with Gasteiger partial charge >= 0.3 is 11.9 Å². The molecule has 12 nitrogen and oxygen atoms in total. The normalized spacial score (nSPS) is 11.3. The number of hydrogen-bond acceptors (Lipinski definition) is 14. The molecule has 2 N–H and O–H groups in total. The molecule has 6 aromatic rings. The van der Waals surface area contributed by atoms with Crippen molar-refractivity contribution in [2.45, 2.75) is 78.4 Å². The van der Waals surface area contributed by atoms with Crippen LogP contribution >= 0.6 is 22.7 Å². The molecule has 4 aromatic heterocycles. The summed E-state index contributed by atoms with van der Waals surface area (Å²) in [7, 11) is 3.09. The maximum Gasteiger partial charge on any atom is 0.306 e. The van der Waals surface area contributed by atoms with E-state index in [1.54, 1.807) is 66.9 Å². The van der Waals surface area contributed by atoms with E-state index in [0.29, 0.717) is 38.1 Å². The number of hydrogen-bond donors (Lipinski definition) is 1. The summed E-state index contributed by atoms with van der Waals surface area (Å²) >= 11 is 2.64. The molecule has 0 amide bonds. The first kappa shape index (κ1) is 44.1. The molecule has 2 aromatic carbocycles. The van der Waals surface area contributed by atoms with E-state index in [1.807, 2.05) is 66.7 Å². The first-order valence-corrected chi connectivity index (χ1v) is 20.5. The fourth-order valence-electron chi connectivity index (χ4n) is 5.63. The van der Waals surface area contributed by atoms with E-state index in [-0.39, 0.29) is 55.0 Å². The van der Waals surface area contributed by atoms with Crippen molar-refractivity contribution in [1.82, 2.24) is 9.97 Å². The summed E-state index contributed by atoms with van der Waals surface area (Å²) in [6.45, 7) is 10.8. The van der Waals surface area contributed by atoms with Gasteiger partial charge in [0.2, 0.25) is 0 Å². The minimum atomic E-state index is -0.576. The van der Waals surface area contributed by atoms with E-state index < -0.39 is 11.2 Å². The largest absolute Gasteiger partial charge is 0.493 e. The molecular weight excluding hydrogens is 789 g/mol. The van der Waals surface area contributed by atoms with Crippen LogP contribution in [0.1, 0.15) is 97.7 Å². The number of methoxy groups -OCH3 is 2. The molecule has 0 saturated heterocycles. The van der Waals surface area contributed by atoms with Gasteiger partial charge < -0.3 is 24.7 Å². The van der Waals surface area contributed by atoms with Gasteiger partial charge in [0.05, 0.1) is 63.0 Å². The second-order valence-corrected chi connectivity index (χ2v) is 17.5. The summed E-state index contributed by atoms with van der Waals surface area (Å²) in [4.78, 5) is 63.7. The molecule has 0 aliphatic heterocycles. The molecule has 0 saturated carbocycles. The highest BCUT2D eigenvalue weighted by molar-refractivity contribution is 7.21. The summed E-state index contributed by atoms with van der Waals surface area (Å²) in [6.07, 6.45) is 0.280. The number of fused-ring (bicyclic) bond motifs is 2. The Labute approximate surface area is 351 Å². The van der Waals surface area contributed by atoms with Gasteiger partial charge in [0.15, 0.2) is 34.7 Å². The Morgan fingerprint density at radius 3 is 1.46 bits per heavy atom. The quantitative estimate of drug-likeness (QED) is 0.0667. The SMILES string of the molecule is COc1cc2sc(C(=O)CCC(=O)OC(C)(C)C)cc2nc1N.COc1cc2sc(C(=O)CCC(=O)OC(C)(C)C)cc2nc1N=C(c1ccccc1)c1ccccc1.